The van der Waals surface area contributed by atoms with Gasteiger partial charge in [0, 0.05) is 39.1 Å². The molecule has 0 saturated heterocycles. The topological polar surface area (TPSA) is 139 Å². The van der Waals surface area contributed by atoms with E-state index in [2.05, 4.69) is 34.9 Å². The molecule has 0 atom stereocenters. The molecule has 0 heterocycles. The van der Waals surface area contributed by atoms with Gasteiger partial charge in [-0.1, -0.05) is 125 Å². The van der Waals surface area contributed by atoms with Gasteiger partial charge >= 0.3 is 11.9 Å². The first kappa shape index (κ1) is 43.3. The molecule has 44 heavy (non-hydrogen) atoms. The molecule has 0 aliphatic rings. The number of aliphatic hydroxyl groups is 2. The smallest absolute Gasteiger partial charge is 0.303 e. The number of aliphatic hydroxyl groups excluding tert-OH is 2. The maximum absolute atomic E-state index is 10.1. The third-order valence-electron chi connectivity index (χ3n) is 6.54. The van der Waals surface area contributed by atoms with Gasteiger partial charge in [0.05, 0.1) is 0 Å². The zero-order chi connectivity index (χ0) is 32.9. The van der Waals surface area contributed by atoms with Crippen molar-refractivity contribution >= 4 is 11.9 Å². The minimum absolute atomic E-state index is 0.291. The molecule has 0 saturated carbocycles. The van der Waals surface area contributed by atoms with Crippen molar-refractivity contribution in [1.29, 1.82) is 0 Å². The van der Waals surface area contributed by atoms with Crippen LogP contribution in [0.4, 0.5) is 0 Å². The van der Waals surface area contributed by atoms with E-state index in [1.54, 1.807) is 0 Å². The van der Waals surface area contributed by atoms with E-state index >= 15 is 0 Å². The van der Waals surface area contributed by atoms with E-state index in [0.717, 1.165) is 90.1 Å². The van der Waals surface area contributed by atoms with Gasteiger partial charge in [0.1, 0.15) is 0 Å². The minimum atomic E-state index is -0.694. The van der Waals surface area contributed by atoms with E-state index in [0.29, 0.717) is 26.1 Å². The fourth-order valence-electron chi connectivity index (χ4n) is 4.14. The molecule has 0 aliphatic carbocycles. The summed E-state index contributed by atoms with van der Waals surface area (Å²) in [7, 11) is 3.90. The van der Waals surface area contributed by atoms with Crippen molar-refractivity contribution in [3.05, 3.63) is 71.8 Å². The van der Waals surface area contributed by atoms with E-state index in [1.165, 1.54) is 24.0 Å². The highest BCUT2D eigenvalue weighted by Crippen LogP contribution is 2.09. The lowest BCUT2D eigenvalue weighted by atomic mass is 10.1. The van der Waals surface area contributed by atoms with Crippen molar-refractivity contribution in [2.45, 2.75) is 116 Å². The highest BCUT2D eigenvalue weighted by molar-refractivity contribution is 5.66. The lowest BCUT2D eigenvalue weighted by Crippen LogP contribution is -2.04. The highest BCUT2D eigenvalue weighted by Gasteiger charge is 1.97. The number of rotatable bonds is 22. The van der Waals surface area contributed by atoms with Crippen LogP contribution in [0.1, 0.15) is 114 Å². The van der Waals surface area contributed by atoms with Crippen molar-refractivity contribution in [3.63, 3.8) is 0 Å². The number of hydrogen-bond donors (Lipinski definition) is 6. The second-order valence-electron chi connectivity index (χ2n) is 10.7. The van der Waals surface area contributed by atoms with Crippen LogP contribution in [-0.4, -0.2) is 59.7 Å². The zero-order valence-corrected chi connectivity index (χ0v) is 27.5. The van der Waals surface area contributed by atoms with Gasteiger partial charge in [-0.25, -0.2) is 0 Å². The Kier molecular flexibility index (Phi) is 35.9. The predicted octanol–water partition coefficient (Wildman–Crippen LogP) is 7.18. The number of carbonyl (C=O) groups is 2. The Balaban J connectivity index is 0. The van der Waals surface area contributed by atoms with Gasteiger partial charge in [0.2, 0.25) is 0 Å². The van der Waals surface area contributed by atoms with E-state index in [9.17, 15) is 9.59 Å². The van der Waals surface area contributed by atoms with Crippen LogP contribution in [0, 0.1) is 0 Å². The van der Waals surface area contributed by atoms with Crippen molar-refractivity contribution < 1.29 is 30.0 Å². The first-order valence-electron chi connectivity index (χ1n) is 16.4. The fourth-order valence-corrected chi connectivity index (χ4v) is 4.14. The first-order chi connectivity index (χ1) is 21.4. The van der Waals surface area contributed by atoms with Gasteiger partial charge in [-0.15, -0.1) is 0 Å². The fraction of sp³-hybridized carbons (Fsp3) is 0.611. The summed E-state index contributed by atoms with van der Waals surface area (Å²) >= 11 is 0. The monoisotopic (exact) mass is 618 g/mol. The molecule has 0 aromatic heterocycles. The quantitative estimate of drug-likeness (QED) is 0.0763. The summed E-state index contributed by atoms with van der Waals surface area (Å²) < 4.78 is 0. The van der Waals surface area contributed by atoms with Crippen LogP contribution in [-0.2, 0) is 22.7 Å². The Bertz CT molecular complexity index is 781. The summed E-state index contributed by atoms with van der Waals surface area (Å²) in [5, 5.41) is 39.9. The van der Waals surface area contributed by atoms with Gasteiger partial charge in [0.15, 0.2) is 0 Å². The van der Waals surface area contributed by atoms with Crippen molar-refractivity contribution in [2.24, 2.45) is 0 Å². The number of carboxylic acids is 2. The summed E-state index contributed by atoms with van der Waals surface area (Å²) in [4.78, 5) is 20.3. The first-order valence-corrected chi connectivity index (χ1v) is 16.4. The lowest BCUT2D eigenvalue weighted by Gasteiger charge is -1.99. The molecule has 252 valence electrons. The van der Waals surface area contributed by atoms with Crippen LogP contribution in [0.15, 0.2) is 60.7 Å². The summed E-state index contributed by atoms with van der Waals surface area (Å²) in [6.07, 6.45) is 15.1. The molecule has 0 radical (unpaired) electrons. The van der Waals surface area contributed by atoms with Crippen molar-refractivity contribution in [2.75, 3.05) is 27.3 Å². The number of nitrogens with one attached hydrogen (secondary N) is 2. The Hall–Kier alpha value is -2.78. The molecular formula is C36H62N2O6. The summed E-state index contributed by atoms with van der Waals surface area (Å²) in [5.41, 5.74) is 2.67. The van der Waals surface area contributed by atoms with Crippen molar-refractivity contribution in [3.8, 4) is 0 Å². The third-order valence-corrected chi connectivity index (χ3v) is 6.54. The van der Waals surface area contributed by atoms with Crippen LogP contribution in [0.5, 0.6) is 0 Å². The standard InChI is InChI=1S/2C10H20O3.2C8H11N/c2*11-9-7-5-3-1-2-4-6-8-10(12)13;2*1-9-7-8-5-3-2-4-6-8/h2*11H,1-9H2,(H,12,13);2*2-6,9H,7H2,1H3. The summed E-state index contributed by atoms with van der Waals surface area (Å²) in [6, 6.07) is 20.7. The number of hydrogen-bond acceptors (Lipinski definition) is 6. The Morgan fingerprint density at radius 2 is 0.750 bits per heavy atom. The van der Waals surface area contributed by atoms with Gasteiger partial charge in [0.25, 0.3) is 0 Å². The lowest BCUT2D eigenvalue weighted by molar-refractivity contribution is -0.138. The average Bonchev–Trinajstić information content (AvgIpc) is 3.02. The van der Waals surface area contributed by atoms with E-state index in [-0.39, 0.29) is 0 Å². The maximum Gasteiger partial charge on any atom is 0.303 e. The second kappa shape index (κ2) is 36.4. The van der Waals surface area contributed by atoms with Crippen molar-refractivity contribution in [1.82, 2.24) is 10.6 Å². The molecule has 2 aromatic carbocycles. The van der Waals surface area contributed by atoms with Gasteiger partial charge < -0.3 is 31.1 Å². The predicted molar refractivity (Wildman–Crippen MR) is 182 cm³/mol. The van der Waals surface area contributed by atoms with E-state index in [1.807, 2.05) is 50.5 Å². The number of aliphatic carboxylic acids is 2. The molecule has 0 bridgehead atoms. The Morgan fingerprint density at radius 3 is 1.00 bits per heavy atom. The van der Waals surface area contributed by atoms with E-state index < -0.39 is 11.9 Å². The number of benzene rings is 2. The molecule has 0 amide bonds. The normalized spacial score (nSPS) is 9.91. The molecule has 0 spiro atoms. The van der Waals surface area contributed by atoms with E-state index in [4.69, 9.17) is 20.4 Å². The SMILES string of the molecule is CNCc1ccccc1.CNCc1ccccc1.O=C(O)CCCCCCCCCO.O=C(O)CCCCCCCCCO. The molecule has 2 rings (SSSR count). The summed E-state index contributed by atoms with van der Waals surface area (Å²) in [5.74, 6) is -1.39. The Labute approximate surface area is 267 Å². The van der Waals surface area contributed by atoms with Crippen LogP contribution < -0.4 is 10.6 Å². The van der Waals surface area contributed by atoms with Gasteiger partial charge in [-0.05, 0) is 50.9 Å². The third kappa shape index (κ3) is 37.2. The molecule has 6 N–H and O–H groups in total. The average molecular weight is 619 g/mol. The molecule has 0 unspecified atom stereocenters. The summed E-state index contributed by atoms with van der Waals surface area (Å²) in [6.45, 7) is 2.50. The van der Waals surface area contributed by atoms with Crippen LogP contribution >= 0.6 is 0 Å². The molecule has 2 aromatic rings. The molecule has 0 fully saturated rings. The molecule has 0 aliphatic heterocycles. The molecule has 8 heteroatoms. The second-order valence-corrected chi connectivity index (χ2v) is 10.7. The van der Waals surface area contributed by atoms with Crippen LogP contribution in [0.25, 0.3) is 0 Å². The molecular weight excluding hydrogens is 556 g/mol. The highest BCUT2D eigenvalue weighted by atomic mass is 16.4. The Morgan fingerprint density at radius 1 is 0.477 bits per heavy atom. The van der Waals surface area contributed by atoms with Gasteiger partial charge in [-0.2, -0.15) is 0 Å². The van der Waals surface area contributed by atoms with Crippen LogP contribution in [0.3, 0.4) is 0 Å². The number of unbranched alkanes of at least 4 members (excludes halogenated alkanes) is 12. The number of carboxylic acid groups (broad SMARTS) is 2. The minimum Gasteiger partial charge on any atom is -0.481 e. The maximum atomic E-state index is 10.1. The zero-order valence-electron chi connectivity index (χ0n) is 27.5. The van der Waals surface area contributed by atoms with Gasteiger partial charge in [-0.3, -0.25) is 9.59 Å². The molecule has 8 nitrogen and oxygen atoms in total. The van der Waals surface area contributed by atoms with Crippen LogP contribution in [0.2, 0.25) is 0 Å². The largest absolute Gasteiger partial charge is 0.481 e.